The van der Waals surface area contributed by atoms with Gasteiger partial charge < -0.3 is 47.3 Å². The topological polar surface area (TPSA) is 426 Å². The molecule has 1 unspecified atom stereocenters. The Balaban J connectivity index is 0.00000550. The molecule has 0 aliphatic carbocycles. The van der Waals surface area contributed by atoms with Gasteiger partial charge in [0.1, 0.15) is 24.5 Å². The summed E-state index contributed by atoms with van der Waals surface area (Å²) in [7, 11) is 2.72. The molecule has 0 aliphatic heterocycles. The predicted molar refractivity (Wildman–Crippen MR) is 261 cm³/mol. The zero-order chi connectivity index (χ0) is 56.3. The number of carbonyl (C=O) groups is 8. The molecule has 0 aliphatic rings. The van der Waals surface area contributed by atoms with Gasteiger partial charge in [-0.3, -0.25) is 38.5 Å². The van der Waals surface area contributed by atoms with Crippen molar-refractivity contribution in [3.63, 3.8) is 0 Å². The molecule has 0 fully saturated rings. The molecule has 26 nitrogen and oxygen atoms in total. The summed E-state index contributed by atoms with van der Waals surface area (Å²) in [5.74, 6) is -3.93. The Morgan fingerprint density at radius 2 is 1.36 bits per heavy atom. The summed E-state index contributed by atoms with van der Waals surface area (Å²) in [6.45, 7) is 4.69. The number of carboxylic acids is 2. The number of fused-ring (bicyclic) bond motifs is 1. The molecule has 0 saturated carbocycles. The Morgan fingerprint density at radius 1 is 0.797 bits per heavy atom. The first-order valence-electron chi connectivity index (χ1n) is 21.6. The number of benzene rings is 2. The molecule has 1 heterocycles. The average Bonchev–Trinajstić information content (AvgIpc) is 3.34. The number of esters is 1. The molecule has 2 aromatic carbocycles. The summed E-state index contributed by atoms with van der Waals surface area (Å²) < 4.78 is 5.20. The predicted octanol–water partition coefficient (Wildman–Crippen LogP) is -0.104. The first kappa shape index (κ1) is 65.7. The van der Waals surface area contributed by atoms with Crippen LogP contribution in [-0.4, -0.2) is 135 Å². The van der Waals surface area contributed by atoms with Gasteiger partial charge in [-0.15, -0.1) is 6.42 Å². The smallest absolute Gasteiger partial charge is 0.373 e. The van der Waals surface area contributed by atoms with E-state index in [0.717, 1.165) is 5.56 Å². The number of Topliss-reactive ketones (excluding diaryl/α,β-unsaturated/α-hetero) is 2. The second-order valence-corrected chi connectivity index (χ2v) is 18.0. The number of ether oxygens (including phenoxy) is 1. The first-order valence-corrected chi connectivity index (χ1v) is 24.1. The summed E-state index contributed by atoms with van der Waals surface area (Å²) in [5.41, 5.74) is 12.7. The minimum absolute atomic E-state index is 0.00902. The molecule has 3 amide bonds. The number of nitrogens with two attached hydrogens (primary N) is 2. The summed E-state index contributed by atoms with van der Waals surface area (Å²) in [4.78, 5) is 168. The number of H-pyrrole nitrogens is 1. The van der Waals surface area contributed by atoms with Crippen LogP contribution in [0, 0.1) is 24.2 Å². The summed E-state index contributed by atoms with van der Waals surface area (Å²) >= 11 is 0. The fourth-order valence-electron chi connectivity index (χ4n) is 6.07. The minimum atomic E-state index is -1.37. The Kier molecular flexibility index (Phi) is 32.5. The second-order valence-electron chi connectivity index (χ2n) is 15.3. The van der Waals surface area contributed by atoms with Gasteiger partial charge in [0.05, 0.1) is 23.5 Å². The van der Waals surface area contributed by atoms with E-state index in [9.17, 15) is 48.3 Å². The standard InChI is InChI=1S/C43H54N8O12S2.3CO2/c1-5-15-51(23-27-6-11-32-31(21-27)40(58)50-43(45)49-32)29-9-7-28(8-10-29)39(57)47-33(41(59)60)12-13-36(54)63-16-18-65-64-17-14-30(52)19-24(2)37(55)46-26(4)35(53)20-25(3)38(56)48-34(22-44)42(61)62;3*2-1-3/h1,6-11,21,24-26,33-34H,12-20,22-23,44H2,2-4H3,(H,46,55)(H,47,57)(H,48,56)(H,59,60)(H,61,62)(H3,45,49,50,58);;;/t24-,25-,26+,33?,34+;;;/m1.../s1. The lowest BCUT2D eigenvalue weighted by Crippen LogP contribution is -2.48. The van der Waals surface area contributed by atoms with Crippen LogP contribution in [0.5, 0.6) is 0 Å². The van der Waals surface area contributed by atoms with Gasteiger partial charge in [0.15, 0.2) is 5.78 Å². The maximum atomic E-state index is 13.0. The number of carboxylic acid groups (broad SMARTS) is 2. The number of hydrogen-bond acceptors (Lipinski definition) is 22. The lowest BCUT2D eigenvalue weighted by atomic mass is 9.98. The number of nitrogens with zero attached hydrogens (tertiary/aromatic N) is 2. The molecule has 10 N–H and O–H groups in total. The Labute approximate surface area is 429 Å². The third-order valence-corrected chi connectivity index (χ3v) is 12.2. The third-order valence-electron chi connectivity index (χ3n) is 9.78. The van der Waals surface area contributed by atoms with Gasteiger partial charge in [-0.2, -0.15) is 28.8 Å². The number of ketones is 2. The number of aliphatic carboxylic acids is 2. The first-order chi connectivity index (χ1) is 35.1. The van der Waals surface area contributed by atoms with Crippen LogP contribution in [0.1, 0.15) is 68.8 Å². The second kappa shape index (κ2) is 36.6. The van der Waals surface area contributed by atoms with Crippen molar-refractivity contribution >= 4 is 110 Å². The van der Waals surface area contributed by atoms with E-state index in [2.05, 4.69) is 31.8 Å². The van der Waals surface area contributed by atoms with Gasteiger partial charge in [0, 0.05) is 73.4 Å². The molecule has 1 aromatic heterocycles. The summed E-state index contributed by atoms with van der Waals surface area (Å²) in [5, 5.41) is 26.4. The number of aromatic amines is 1. The van der Waals surface area contributed by atoms with Crippen molar-refractivity contribution < 1.29 is 82.1 Å². The van der Waals surface area contributed by atoms with Crippen molar-refractivity contribution in [2.75, 3.05) is 41.8 Å². The quantitative estimate of drug-likeness (QED) is 0.0204. The molecule has 3 aromatic rings. The lowest BCUT2D eigenvalue weighted by molar-refractivity contribution is -0.193. The van der Waals surface area contributed by atoms with Crippen LogP contribution >= 0.6 is 21.6 Å². The highest BCUT2D eigenvalue weighted by Crippen LogP contribution is 2.23. The Hall–Kier alpha value is -8.30. The number of nitrogen functional groups attached to an aromatic ring is 1. The highest BCUT2D eigenvalue weighted by molar-refractivity contribution is 8.76. The number of terminal acetylenes is 1. The van der Waals surface area contributed by atoms with Gasteiger partial charge in [-0.05, 0) is 55.3 Å². The largest absolute Gasteiger partial charge is 0.480 e. The van der Waals surface area contributed by atoms with E-state index >= 15 is 0 Å². The van der Waals surface area contributed by atoms with Crippen LogP contribution in [0.15, 0.2) is 47.3 Å². The van der Waals surface area contributed by atoms with Crippen LogP contribution in [0.25, 0.3) is 10.9 Å². The summed E-state index contributed by atoms with van der Waals surface area (Å²) in [6.07, 6.45) is 5.73. The minimum Gasteiger partial charge on any atom is -0.480 e. The average molecular weight is 1070 g/mol. The molecular formula is C46H54N8O18S2. The number of anilines is 2. The van der Waals surface area contributed by atoms with Crippen molar-refractivity contribution in [3.8, 4) is 12.3 Å². The molecule has 74 heavy (non-hydrogen) atoms. The zero-order valence-corrected chi connectivity index (χ0v) is 41.7. The van der Waals surface area contributed by atoms with E-state index in [-0.39, 0.29) is 93.1 Å². The molecule has 3 rings (SSSR count). The van der Waals surface area contributed by atoms with Crippen LogP contribution in [0.3, 0.4) is 0 Å². The number of aromatic nitrogens is 2. The van der Waals surface area contributed by atoms with Crippen molar-refractivity contribution in [1.29, 1.82) is 0 Å². The van der Waals surface area contributed by atoms with Crippen LogP contribution in [-0.2, 0) is 73.6 Å². The molecule has 0 spiro atoms. The van der Waals surface area contributed by atoms with Crippen molar-refractivity contribution in [3.05, 3.63) is 63.9 Å². The molecule has 0 saturated heterocycles. The normalized spacial score (nSPS) is 11.9. The van der Waals surface area contributed by atoms with Gasteiger partial charge in [0.2, 0.25) is 17.8 Å². The highest BCUT2D eigenvalue weighted by atomic mass is 33.1. The maximum absolute atomic E-state index is 13.0. The molecule has 28 heteroatoms. The monoisotopic (exact) mass is 1070 g/mol. The molecule has 0 bridgehead atoms. The zero-order valence-electron chi connectivity index (χ0n) is 40.1. The maximum Gasteiger partial charge on any atom is 0.373 e. The van der Waals surface area contributed by atoms with E-state index in [0.29, 0.717) is 34.6 Å². The summed E-state index contributed by atoms with van der Waals surface area (Å²) in [6, 6.07) is 7.91. The molecule has 5 atom stereocenters. The van der Waals surface area contributed by atoms with Gasteiger partial charge in [0.25, 0.3) is 11.5 Å². The van der Waals surface area contributed by atoms with E-state index < -0.39 is 71.4 Å². The van der Waals surface area contributed by atoms with Gasteiger partial charge in [-0.25, -0.2) is 14.6 Å². The number of nitrogens with one attached hydrogen (secondary N) is 4. The number of amides is 3. The van der Waals surface area contributed by atoms with Crippen LogP contribution in [0.2, 0.25) is 0 Å². The van der Waals surface area contributed by atoms with Crippen molar-refractivity contribution in [2.24, 2.45) is 17.6 Å². The third kappa shape index (κ3) is 25.7. The van der Waals surface area contributed by atoms with Crippen LogP contribution in [0.4, 0.5) is 11.6 Å². The SMILES string of the molecule is C#CCN(Cc1ccc2nc(N)[nH]c(=O)c2c1)c1ccc(C(=O)NC(CCC(=O)OCCSSCCC(=O)C[C@@H](C)C(=O)N[C@@H](C)C(=O)C[C@@H](C)C(=O)N[C@@H](CN)C(=O)O)C(=O)O)cc1.O=C=O.O=C=O.O=C=O. The van der Waals surface area contributed by atoms with E-state index in [1.807, 2.05) is 4.90 Å². The van der Waals surface area contributed by atoms with Crippen molar-refractivity contribution in [1.82, 2.24) is 25.9 Å². The molecule has 398 valence electrons. The van der Waals surface area contributed by atoms with Gasteiger partial charge in [-0.1, -0.05) is 47.4 Å². The Bertz CT molecular complexity index is 2580. The molecule has 0 radical (unpaired) electrons. The van der Waals surface area contributed by atoms with Crippen LogP contribution < -0.4 is 37.9 Å². The lowest BCUT2D eigenvalue weighted by Gasteiger charge is -2.23. The van der Waals surface area contributed by atoms with E-state index in [1.165, 1.54) is 47.6 Å². The van der Waals surface area contributed by atoms with E-state index in [4.69, 9.17) is 56.5 Å². The fourth-order valence-corrected chi connectivity index (χ4v) is 7.93. The van der Waals surface area contributed by atoms with E-state index in [1.54, 1.807) is 37.3 Å². The van der Waals surface area contributed by atoms with Crippen molar-refractivity contribution in [2.45, 2.75) is 77.5 Å². The number of rotatable bonds is 28. The fraction of sp³-hybridized carbons (Fsp3) is 0.413. The molecular weight excluding hydrogens is 1020 g/mol. The Morgan fingerprint density at radius 3 is 1.93 bits per heavy atom. The highest BCUT2D eigenvalue weighted by Gasteiger charge is 2.27. The number of hydrogen-bond donors (Lipinski definition) is 8. The number of carbonyl (C=O) groups excluding carboxylic acids is 12. The van der Waals surface area contributed by atoms with Gasteiger partial charge >= 0.3 is 36.4 Å².